The van der Waals surface area contributed by atoms with Gasteiger partial charge < -0.3 is 9.84 Å². The van der Waals surface area contributed by atoms with Crippen LogP contribution in [0.4, 0.5) is 0 Å². The Morgan fingerprint density at radius 3 is 2.56 bits per heavy atom. The van der Waals surface area contributed by atoms with E-state index in [1.165, 1.54) is 6.42 Å². The van der Waals surface area contributed by atoms with Gasteiger partial charge in [0.05, 0.1) is 13.0 Å². The molecule has 1 aromatic carbocycles. The molecule has 1 saturated carbocycles. The first-order chi connectivity index (χ1) is 8.74. The van der Waals surface area contributed by atoms with E-state index in [0.29, 0.717) is 5.75 Å². The Labute approximate surface area is 108 Å². The number of hydrogen-bond acceptors (Lipinski definition) is 2. The number of para-hydroxylation sites is 1. The highest BCUT2D eigenvalue weighted by Gasteiger charge is 2.32. The van der Waals surface area contributed by atoms with Crippen LogP contribution in [0.3, 0.4) is 0 Å². The quantitative estimate of drug-likeness (QED) is 0.887. The van der Waals surface area contributed by atoms with E-state index in [4.69, 9.17) is 4.74 Å². The number of benzene rings is 1. The summed E-state index contributed by atoms with van der Waals surface area (Å²) in [4.78, 5) is 11.6. The van der Waals surface area contributed by atoms with Crippen molar-refractivity contribution in [1.82, 2.24) is 0 Å². The Morgan fingerprint density at radius 1 is 1.28 bits per heavy atom. The highest BCUT2D eigenvalue weighted by molar-refractivity contribution is 5.77. The minimum absolute atomic E-state index is 0.243. The van der Waals surface area contributed by atoms with Gasteiger partial charge in [-0.2, -0.15) is 0 Å². The predicted octanol–water partition coefficient (Wildman–Crippen LogP) is 3.44. The summed E-state index contributed by atoms with van der Waals surface area (Å²) >= 11 is 0. The van der Waals surface area contributed by atoms with Gasteiger partial charge in [0, 0.05) is 5.56 Å². The Kier molecular flexibility index (Phi) is 4.24. The van der Waals surface area contributed by atoms with Crippen LogP contribution in [0.25, 0.3) is 0 Å². The molecule has 0 spiro atoms. The SMILES string of the molecule is COc1ccccc1C(C(=O)O)C1CCCCC1. The van der Waals surface area contributed by atoms with Gasteiger partial charge in [-0.3, -0.25) is 4.79 Å². The zero-order valence-corrected chi connectivity index (χ0v) is 10.8. The molecule has 0 aliphatic heterocycles. The molecule has 2 rings (SSSR count). The van der Waals surface area contributed by atoms with Gasteiger partial charge in [-0.15, -0.1) is 0 Å². The van der Waals surface area contributed by atoms with Crippen molar-refractivity contribution < 1.29 is 14.6 Å². The summed E-state index contributed by atoms with van der Waals surface area (Å²) in [5.41, 5.74) is 0.819. The Balaban J connectivity index is 2.31. The van der Waals surface area contributed by atoms with Gasteiger partial charge in [-0.1, -0.05) is 37.5 Å². The first kappa shape index (κ1) is 12.9. The van der Waals surface area contributed by atoms with E-state index in [2.05, 4.69) is 0 Å². The fourth-order valence-electron chi connectivity index (χ4n) is 2.98. The number of carbonyl (C=O) groups is 1. The highest BCUT2D eigenvalue weighted by atomic mass is 16.5. The maximum absolute atomic E-state index is 11.6. The zero-order chi connectivity index (χ0) is 13.0. The molecule has 0 heterocycles. The molecular weight excluding hydrogens is 228 g/mol. The second-order valence-electron chi connectivity index (χ2n) is 4.96. The second kappa shape index (κ2) is 5.89. The van der Waals surface area contributed by atoms with Crippen LogP contribution in [-0.2, 0) is 4.79 Å². The van der Waals surface area contributed by atoms with Gasteiger partial charge in [0.2, 0.25) is 0 Å². The molecule has 1 aromatic rings. The molecule has 0 amide bonds. The predicted molar refractivity (Wildman–Crippen MR) is 69.9 cm³/mol. The van der Waals surface area contributed by atoms with Crippen LogP contribution in [-0.4, -0.2) is 18.2 Å². The van der Waals surface area contributed by atoms with E-state index in [0.717, 1.165) is 31.2 Å². The average Bonchev–Trinajstić information content (AvgIpc) is 2.40. The standard InChI is InChI=1S/C15H20O3/c1-18-13-10-6-5-9-12(13)14(15(16)17)11-7-3-2-4-8-11/h5-6,9-11,14H,2-4,7-8H2,1H3,(H,16,17). The van der Waals surface area contributed by atoms with Crippen molar-refractivity contribution in [3.63, 3.8) is 0 Å². The lowest BCUT2D eigenvalue weighted by Gasteiger charge is -2.28. The second-order valence-corrected chi connectivity index (χ2v) is 4.96. The fraction of sp³-hybridized carbons (Fsp3) is 0.533. The smallest absolute Gasteiger partial charge is 0.311 e. The molecule has 3 nitrogen and oxygen atoms in total. The summed E-state index contributed by atoms with van der Waals surface area (Å²) in [5.74, 6) is -0.226. The average molecular weight is 248 g/mol. The van der Waals surface area contributed by atoms with Gasteiger partial charge >= 0.3 is 5.97 Å². The summed E-state index contributed by atoms with van der Waals surface area (Å²) in [6.07, 6.45) is 5.53. The van der Waals surface area contributed by atoms with E-state index in [9.17, 15) is 9.90 Å². The van der Waals surface area contributed by atoms with Crippen molar-refractivity contribution in [2.75, 3.05) is 7.11 Å². The summed E-state index contributed by atoms with van der Waals surface area (Å²) < 4.78 is 5.30. The molecule has 1 atom stereocenters. The van der Waals surface area contributed by atoms with Crippen molar-refractivity contribution in [3.05, 3.63) is 29.8 Å². The van der Waals surface area contributed by atoms with Crippen LogP contribution in [0.2, 0.25) is 0 Å². The van der Waals surface area contributed by atoms with Crippen molar-refractivity contribution in [2.24, 2.45) is 5.92 Å². The molecular formula is C15H20O3. The molecule has 3 heteroatoms. The van der Waals surface area contributed by atoms with Crippen LogP contribution in [0.1, 0.15) is 43.6 Å². The molecule has 1 N–H and O–H groups in total. The van der Waals surface area contributed by atoms with Gasteiger partial charge in [-0.25, -0.2) is 0 Å². The number of methoxy groups -OCH3 is 1. The van der Waals surface area contributed by atoms with Gasteiger partial charge in [0.25, 0.3) is 0 Å². The lowest BCUT2D eigenvalue weighted by molar-refractivity contribution is -0.140. The van der Waals surface area contributed by atoms with Gasteiger partial charge in [-0.05, 0) is 24.8 Å². The monoisotopic (exact) mass is 248 g/mol. The molecule has 0 radical (unpaired) electrons. The normalized spacial score (nSPS) is 18.3. The maximum Gasteiger partial charge on any atom is 0.311 e. The molecule has 0 aromatic heterocycles. The molecule has 1 aliphatic rings. The third kappa shape index (κ3) is 2.66. The minimum atomic E-state index is -0.730. The molecule has 1 unspecified atom stereocenters. The molecule has 18 heavy (non-hydrogen) atoms. The van der Waals surface area contributed by atoms with E-state index in [1.807, 2.05) is 24.3 Å². The largest absolute Gasteiger partial charge is 0.496 e. The molecule has 98 valence electrons. The van der Waals surface area contributed by atoms with Crippen molar-refractivity contribution in [3.8, 4) is 5.75 Å². The van der Waals surface area contributed by atoms with E-state index >= 15 is 0 Å². The Morgan fingerprint density at radius 2 is 1.94 bits per heavy atom. The number of carboxylic acid groups (broad SMARTS) is 1. The van der Waals surface area contributed by atoms with Crippen molar-refractivity contribution in [1.29, 1.82) is 0 Å². The third-order valence-electron chi connectivity index (χ3n) is 3.86. The lowest BCUT2D eigenvalue weighted by Crippen LogP contribution is -2.24. The fourth-order valence-corrected chi connectivity index (χ4v) is 2.98. The highest BCUT2D eigenvalue weighted by Crippen LogP contribution is 2.39. The third-order valence-corrected chi connectivity index (χ3v) is 3.86. The molecule has 0 bridgehead atoms. The lowest BCUT2D eigenvalue weighted by atomic mass is 9.76. The van der Waals surface area contributed by atoms with Gasteiger partial charge in [0.1, 0.15) is 5.75 Å². The summed E-state index contributed by atoms with van der Waals surface area (Å²) in [6, 6.07) is 7.49. The van der Waals surface area contributed by atoms with Crippen molar-refractivity contribution >= 4 is 5.97 Å². The van der Waals surface area contributed by atoms with Crippen LogP contribution < -0.4 is 4.74 Å². The zero-order valence-electron chi connectivity index (χ0n) is 10.8. The Bertz CT molecular complexity index is 408. The van der Waals surface area contributed by atoms with E-state index in [1.54, 1.807) is 7.11 Å². The molecule has 1 fully saturated rings. The number of rotatable bonds is 4. The van der Waals surface area contributed by atoms with Gasteiger partial charge in [0.15, 0.2) is 0 Å². The topological polar surface area (TPSA) is 46.5 Å². The van der Waals surface area contributed by atoms with E-state index in [-0.39, 0.29) is 5.92 Å². The van der Waals surface area contributed by atoms with Crippen LogP contribution in [0.5, 0.6) is 5.75 Å². The molecule has 1 aliphatic carbocycles. The first-order valence-corrected chi connectivity index (χ1v) is 6.59. The number of aliphatic carboxylic acids is 1. The van der Waals surface area contributed by atoms with E-state index < -0.39 is 11.9 Å². The van der Waals surface area contributed by atoms with Crippen LogP contribution in [0, 0.1) is 5.92 Å². The summed E-state index contributed by atoms with van der Waals surface area (Å²) in [5, 5.41) is 9.54. The summed E-state index contributed by atoms with van der Waals surface area (Å²) in [6.45, 7) is 0. The number of hydrogen-bond donors (Lipinski definition) is 1. The first-order valence-electron chi connectivity index (χ1n) is 6.59. The maximum atomic E-state index is 11.6. The minimum Gasteiger partial charge on any atom is -0.496 e. The van der Waals surface area contributed by atoms with Crippen LogP contribution in [0.15, 0.2) is 24.3 Å². The Hall–Kier alpha value is -1.51. The number of ether oxygens (including phenoxy) is 1. The number of carboxylic acids is 1. The summed E-state index contributed by atoms with van der Waals surface area (Å²) in [7, 11) is 1.60. The molecule has 0 saturated heterocycles. The van der Waals surface area contributed by atoms with Crippen molar-refractivity contribution in [2.45, 2.75) is 38.0 Å². The van der Waals surface area contributed by atoms with Crippen LogP contribution >= 0.6 is 0 Å².